The molecule has 3 heterocycles. The monoisotopic (exact) mass is 371 g/mol. The molecule has 136 valence electrons. The third-order valence-electron chi connectivity index (χ3n) is 4.29. The second kappa shape index (κ2) is 7.63. The molecular formula is C18H21N5O2S. The standard InChI is InChI=1S/C18H21N5O2S/c24-10-7-19-6-9-23-13-4-3-12(20-8-11-25)18-15(13)17(22-23)16-14(26-18)2-1-5-21-16/h1-5,19-20,24-25H,6-11H2. The van der Waals surface area contributed by atoms with Crippen molar-refractivity contribution in [1.82, 2.24) is 20.1 Å². The van der Waals surface area contributed by atoms with Crippen LogP contribution in [0.2, 0.25) is 0 Å². The highest BCUT2D eigenvalue weighted by molar-refractivity contribution is 8.00. The van der Waals surface area contributed by atoms with Gasteiger partial charge in [-0.15, -0.1) is 0 Å². The van der Waals surface area contributed by atoms with Crippen molar-refractivity contribution in [2.24, 2.45) is 0 Å². The SMILES string of the molecule is OCCNCCn1nc2c3c(c(NCCO)ccc31)Sc1cccnc1-2. The zero-order valence-electron chi connectivity index (χ0n) is 14.3. The average molecular weight is 371 g/mol. The summed E-state index contributed by atoms with van der Waals surface area (Å²) in [6.45, 7) is 2.75. The van der Waals surface area contributed by atoms with E-state index in [1.54, 1.807) is 18.0 Å². The average Bonchev–Trinajstić information content (AvgIpc) is 3.05. The highest BCUT2D eigenvalue weighted by Crippen LogP contribution is 2.49. The molecule has 1 aliphatic heterocycles. The topological polar surface area (TPSA) is 95.2 Å². The Labute approximate surface area is 155 Å². The van der Waals surface area contributed by atoms with Gasteiger partial charge in [-0.25, -0.2) is 0 Å². The number of hydrogen-bond acceptors (Lipinski definition) is 7. The summed E-state index contributed by atoms with van der Waals surface area (Å²) in [5.41, 5.74) is 3.89. The summed E-state index contributed by atoms with van der Waals surface area (Å²) in [7, 11) is 0. The minimum Gasteiger partial charge on any atom is -0.395 e. The van der Waals surface area contributed by atoms with Gasteiger partial charge in [0.1, 0.15) is 11.4 Å². The second-order valence-electron chi connectivity index (χ2n) is 5.98. The summed E-state index contributed by atoms with van der Waals surface area (Å²) < 4.78 is 2.00. The summed E-state index contributed by atoms with van der Waals surface area (Å²) in [6.07, 6.45) is 1.80. The molecular weight excluding hydrogens is 350 g/mol. The Morgan fingerprint density at radius 1 is 1.04 bits per heavy atom. The Morgan fingerprint density at radius 2 is 1.92 bits per heavy atom. The Morgan fingerprint density at radius 3 is 2.77 bits per heavy atom. The zero-order valence-corrected chi connectivity index (χ0v) is 15.1. The van der Waals surface area contributed by atoms with E-state index in [1.807, 2.05) is 16.8 Å². The number of nitrogens with zero attached hydrogens (tertiary/aromatic N) is 3. The molecule has 0 saturated heterocycles. The minimum absolute atomic E-state index is 0.0862. The van der Waals surface area contributed by atoms with Crippen LogP contribution in [-0.4, -0.2) is 57.8 Å². The molecule has 8 heteroatoms. The molecule has 3 aromatic rings. The number of aliphatic hydroxyl groups is 2. The molecule has 0 fully saturated rings. The summed E-state index contributed by atoms with van der Waals surface area (Å²) in [6, 6.07) is 8.11. The van der Waals surface area contributed by atoms with E-state index < -0.39 is 0 Å². The Bertz CT molecular complexity index is 927. The van der Waals surface area contributed by atoms with Crippen LogP contribution in [0, 0.1) is 0 Å². The predicted molar refractivity (Wildman–Crippen MR) is 103 cm³/mol. The van der Waals surface area contributed by atoms with E-state index in [1.165, 1.54) is 0 Å². The molecule has 0 unspecified atom stereocenters. The first-order chi connectivity index (χ1) is 12.8. The van der Waals surface area contributed by atoms with E-state index in [-0.39, 0.29) is 13.2 Å². The highest BCUT2D eigenvalue weighted by Gasteiger charge is 2.26. The van der Waals surface area contributed by atoms with Crippen LogP contribution in [0.4, 0.5) is 5.69 Å². The van der Waals surface area contributed by atoms with Crippen molar-refractivity contribution in [3.8, 4) is 11.4 Å². The van der Waals surface area contributed by atoms with E-state index in [2.05, 4.69) is 27.8 Å². The smallest absolute Gasteiger partial charge is 0.121 e. The first-order valence-corrected chi connectivity index (χ1v) is 9.48. The van der Waals surface area contributed by atoms with Crippen LogP contribution >= 0.6 is 11.8 Å². The summed E-state index contributed by atoms with van der Waals surface area (Å²) in [5.74, 6) is 0. The second-order valence-corrected chi connectivity index (χ2v) is 7.04. The Balaban J connectivity index is 1.80. The van der Waals surface area contributed by atoms with Gasteiger partial charge in [0, 0.05) is 46.7 Å². The summed E-state index contributed by atoms with van der Waals surface area (Å²) >= 11 is 1.69. The van der Waals surface area contributed by atoms with Crippen molar-refractivity contribution in [3.63, 3.8) is 0 Å². The minimum atomic E-state index is 0.0862. The van der Waals surface area contributed by atoms with Gasteiger partial charge in [0.05, 0.1) is 25.3 Å². The molecule has 1 aliphatic rings. The van der Waals surface area contributed by atoms with Crippen LogP contribution in [0.1, 0.15) is 0 Å². The number of aliphatic hydroxyl groups excluding tert-OH is 2. The first-order valence-electron chi connectivity index (χ1n) is 8.66. The molecule has 7 nitrogen and oxygen atoms in total. The van der Waals surface area contributed by atoms with Crippen molar-refractivity contribution in [2.45, 2.75) is 16.3 Å². The van der Waals surface area contributed by atoms with Crippen LogP contribution in [-0.2, 0) is 6.54 Å². The van der Waals surface area contributed by atoms with Gasteiger partial charge in [-0.1, -0.05) is 11.8 Å². The molecule has 0 atom stereocenters. The van der Waals surface area contributed by atoms with Crippen LogP contribution in [0.3, 0.4) is 0 Å². The lowest BCUT2D eigenvalue weighted by atomic mass is 10.1. The fourth-order valence-electron chi connectivity index (χ4n) is 3.16. The van der Waals surface area contributed by atoms with Gasteiger partial charge < -0.3 is 20.8 Å². The highest BCUT2D eigenvalue weighted by atomic mass is 32.2. The molecule has 4 rings (SSSR count). The maximum Gasteiger partial charge on any atom is 0.121 e. The number of pyridine rings is 1. The molecule has 0 spiro atoms. The summed E-state index contributed by atoms with van der Waals surface area (Å²) in [5, 5.41) is 30.5. The quantitative estimate of drug-likeness (QED) is 0.349. The van der Waals surface area contributed by atoms with Gasteiger partial charge in [-0.2, -0.15) is 5.10 Å². The number of fused-ring (bicyclic) bond motifs is 2. The van der Waals surface area contributed by atoms with Crippen molar-refractivity contribution >= 4 is 28.4 Å². The predicted octanol–water partition coefficient (Wildman–Crippen LogP) is 1.55. The van der Waals surface area contributed by atoms with Crippen molar-refractivity contribution < 1.29 is 10.2 Å². The molecule has 1 aromatic carbocycles. The third-order valence-corrected chi connectivity index (χ3v) is 5.47. The molecule has 0 aliphatic carbocycles. The Kier molecular flexibility index (Phi) is 5.07. The molecule has 0 saturated carbocycles. The lowest BCUT2D eigenvalue weighted by Gasteiger charge is -2.18. The Hall–Kier alpha value is -2.13. The van der Waals surface area contributed by atoms with Crippen LogP contribution in [0.5, 0.6) is 0 Å². The van der Waals surface area contributed by atoms with Crippen molar-refractivity contribution in [3.05, 3.63) is 30.5 Å². The number of nitrogens with one attached hydrogen (secondary N) is 2. The molecule has 0 amide bonds. The van der Waals surface area contributed by atoms with Crippen LogP contribution in [0.25, 0.3) is 22.3 Å². The van der Waals surface area contributed by atoms with Gasteiger partial charge in [0.2, 0.25) is 0 Å². The van der Waals surface area contributed by atoms with Gasteiger partial charge >= 0.3 is 0 Å². The fourth-order valence-corrected chi connectivity index (χ4v) is 4.33. The number of benzene rings is 1. The number of hydrogen-bond donors (Lipinski definition) is 4. The number of rotatable bonds is 8. The first kappa shape index (κ1) is 17.3. The lowest BCUT2D eigenvalue weighted by Crippen LogP contribution is -2.23. The molecule has 26 heavy (non-hydrogen) atoms. The van der Waals surface area contributed by atoms with Gasteiger partial charge in [0.25, 0.3) is 0 Å². The number of anilines is 1. The summed E-state index contributed by atoms with van der Waals surface area (Å²) in [4.78, 5) is 6.76. The molecule has 0 bridgehead atoms. The lowest BCUT2D eigenvalue weighted by molar-refractivity contribution is 0.291. The normalized spacial score (nSPS) is 12.4. The maximum atomic E-state index is 9.16. The van der Waals surface area contributed by atoms with Crippen LogP contribution < -0.4 is 10.6 Å². The largest absolute Gasteiger partial charge is 0.395 e. The third kappa shape index (κ3) is 3.05. The van der Waals surface area contributed by atoms with Gasteiger partial charge in [-0.05, 0) is 24.3 Å². The molecule has 0 radical (unpaired) electrons. The van der Waals surface area contributed by atoms with E-state index in [0.29, 0.717) is 19.6 Å². The van der Waals surface area contributed by atoms with E-state index in [0.717, 1.165) is 44.3 Å². The van der Waals surface area contributed by atoms with Gasteiger partial charge in [0.15, 0.2) is 0 Å². The van der Waals surface area contributed by atoms with Crippen molar-refractivity contribution in [2.75, 3.05) is 38.2 Å². The van der Waals surface area contributed by atoms with Gasteiger partial charge in [-0.3, -0.25) is 9.67 Å². The van der Waals surface area contributed by atoms with Crippen LogP contribution in [0.15, 0.2) is 40.3 Å². The van der Waals surface area contributed by atoms with E-state index in [4.69, 9.17) is 15.3 Å². The van der Waals surface area contributed by atoms with E-state index in [9.17, 15) is 0 Å². The fraction of sp³-hybridized carbons (Fsp3) is 0.333. The zero-order chi connectivity index (χ0) is 17.9. The number of aromatic nitrogens is 3. The molecule has 4 N–H and O–H groups in total. The molecule has 2 aromatic heterocycles. The van der Waals surface area contributed by atoms with Crippen molar-refractivity contribution in [1.29, 1.82) is 0 Å². The van der Waals surface area contributed by atoms with E-state index >= 15 is 0 Å². The maximum absolute atomic E-state index is 9.16.